The van der Waals surface area contributed by atoms with Crippen molar-refractivity contribution in [2.75, 3.05) is 0 Å². The second-order valence-corrected chi connectivity index (χ2v) is 4.15. The number of aromatic nitrogens is 1. The van der Waals surface area contributed by atoms with Crippen LogP contribution in [-0.2, 0) is 0 Å². The minimum Gasteiger partial charge on any atom is -0.507 e. The molecule has 1 amide bonds. The molecule has 0 aliphatic heterocycles. The molecule has 1 unspecified atom stereocenters. The summed E-state index contributed by atoms with van der Waals surface area (Å²) in [5, 5.41) is 21.9. The van der Waals surface area contributed by atoms with Gasteiger partial charge >= 0.3 is 0 Å². The number of hydrogen-bond acceptors (Lipinski definition) is 4. The molecule has 0 aliphatic carbocycles. The van der Waals surface area contributed by atoms with Crippen molar-refractivity contribution in [2.45, 2.75) is 13.0 Å². The van der Waals surface area contributed by atoms with Crippen molar-refractivity contribution in [3.05, 3.63) is 53.9 Å². The molecule has 0 saturated heterocycles. The molecule has 0 saturated carbocycles. The van der Waals surface area contributed by atoms with E-state index in [4.69, 9.17) is 0 Å². The lowest BCUT2D eigenvalue weighted by Gasteiger charge is -2.15. The van der Waals surface area contributed by atoms with Crippen molar-refractivity contribution in [1.29, 1.82) is 0 Å². The topological polar surface area (TPSA) is 82.5 Å². The Bertz CT molecular complexity index is 564. The van der Waals surface area contributed by atoms with Gasteiger partial charge in [-0.1, -0.05) is 6.07 Å². The number of benzene rings is 1. The third-order valence-corrected chi connectivity index (χ3v) is 2.80. The van der Waals surface area contributed by atoms with Crippen LogP contribution in [0.3, 0.4) is 0 Å². The van der Waals surface area contributed by atoms with Gasteiger partial charge in [-0.3, -0.25) is 9.78 Å². The maximum Gasteiger partial charge on any atom is 0.259 e. The Balaban J connectivity index is 2.18. The number of carbonyl (C=O) groups excluding carboxylic acids is 1. The second kappa shape index (κ2) is 5.39. The molecule has 0 radical (unpaired) electrons. The van der Waals surface area contributed by atoms with Gasteiger partial charge in [0.2, 0.25) is 0 Å². The number of aromatic hydroxyl groups is 2. The second-order valence-electron chi connectivity index (χ2n) is 4.15. The van der Waals surface area contributed by atoms with E-state index in [9.17, 15) is 15.0 Å². The van der Waals surface area contributed by atoms with Crippen molar-refractivity contribution in [2.24, 2.45) is 0 Å². The smallest absolute Gasteiger partial charge is 0.259 e. The Kier molecular flexibility index (Phi) is 3.66. The summed E-state index contributed by atoms with van der Waals surface area (Å²) in [5.74, 6) is -1.03. The molecule has 0 fully saturated rings. The Morgan fingerprint density at radius 2 is 1.74 bits per heavy atom. The summed E-state index contributed by atoms with van der Waals surface area (Å²) in [5.41, 5.74) is 0.765. The van der Waals surface area contributed by atoms with Gasteiger partial charge in [0.15, 0.2) is 0 Å². The molecular weight excluding hydrogens is 244 g/mol. The quantitative estimate of drug-likeness (QED) is 0.786. The molecule has 2 aromatic rings. The van der Waals surface area contributed by atoms with Crippen molar-refractivity contribution in [3.63, 3.8) is 0 Å². The summed E-state index contributed by atoms with van der Waals surface area (Å²) < 4.78 is 0. The van der Waals surface area contributed by atoms with E-state index in [-0.39, 0.29) is 23.1 Å². The Labute approximate surface area is 110 Å². The lowest BCUT2D eigenvalue weighted by molar-refractivity contribution is 0.0934. The summed E-state index contributed by atoms with van der Waals surface area (Å²) in [6.45, 7) is 1.81. The molecule has 1 atom stereocenters. The van der Waals surface area contributed by atoms with Crippen LogP contribution in [0, 0.1) is 0 Å². The van der Waals surface area contributed by atoms with E-state index in [1.165, 1.54) is 18.2 Å². The van der Waals surface area contributed by atoms with Crippen molar-refractivity contribution in [1.82, 2.24) is 10.3 Å². The standard InChI is InChI=1S/C14H14N2O3/c1-9(10-5-7-15-8-6-10)16-14(19)13-11(17)3-2-4-12(13)18/h2-9,17-18H,1H3,(H,16,19). The highest BCUT2D eigenvalue weighted by Gasteiger charge is 2.18. The maximum absolute atomic E-state index is 12.0. The van der Waals surface area contributed by atoms with Gasteiger partial charge in [0, 0.05) is 12.4 Å². The number of phenolic OH excluding ortho intramolecular Hbond substituents is 2. The highest BCUT2D eigenvalue weighted by molar-refractivity contribution is 5.99. The predicted molar refractivity (Wildman–Crippen MR) is 69.9 cm³/mol. The summed E-state index contributed by atoms with van der Waals surface area (Å²) >= 11 is 0. The number of amides is 1. The first-order valence-corrected chi connectivity index (χ1v) is 5.81. The third-order valence-electron chi connectivity index (χ3n) is 2.80. The highest BCUT2D eigenvalue weighted by Crippen LogP contribution is 2.26. The van der Waals surface area contributed by atoms with Crippen LogP contribution >= 0.6 is 0 Å². The molecule has 98 valence electrons. The number of rotatable bonds is 3. The van der Waals surface area contributed by atoms with E-state index < -0.39 is 5.91 Å². The zero-order valence-electron chi connectivity index (χ0n) is 10.4. The SMILES string of the molecule is CC(NC(=O)c1c(O)cccc1O)c1ccncc1. The van der Waals surface area contributed by atoms with Crippen molar-refractivity contribution >= 4 is 5.91 Å². The summed E-state index contributed by atoms with van der Waals surface area (Å²) in [4.78, 5) is 15.9. The van der Waals surface area contributed by atoms with Crippen LogP contribution in [0.2, 0.25) is 0 Å². The molecule has 5 nitrogen and oxygen atoms in total. The zero-order valence-corrected chi connectivity index (χ0v) is 10.4. The normalized spacial score (nSPS) is 11.8. The van der Waals surface area contributed by atoms with E-state index in [1.54, 1.807) is 24.5 Å². The average molecular weight is 258 g/mol. The Morgan fingerprint density at radius 1 is 1.16 bits per heavy atom. The van der Waals surface area contributed by atoms with Crippen LogP contribution in [0.1, 0.15) is 28.9 Å². The fraction of sp³-hybridized carbons (Fsp3) is 0.143. The lowest BCUT2D eigenvalue weighted by atomic mass is 10.1. The Morgan fingerprint density at radius 3 is 2.32 bits per heavy atom. The van der Waals surface area contributed by atoms with Crippen LogP contribution in [0.15, 0.2) is 42.7 Å². The predicted octanol–water partition coefficient (Wildman–Crippen LogP) is 1.98. The number of phenols is 2. The molecule has 19 heavy (non-hydrogen) atoms. The largest absolute Gasteiger partial charge is 0.507 e. The fourth-order valence-electron chi connectivity index (χ4n) is 1.77. The molecule has 5 heteroatoms. The van der Waals surface area contributed by atoms with Crippen molar-refractivity contribution in [3.8, 4) is 11.5 Å². The Hall–Kier alpha value is -2.56. The van der Waals surface area contributed by atoms with Gasteiger partial charge in [-0.05, 0) is 36.8 Å². The number of pyridine rings is 1. The molecule has 1 heterocycles. The molecule has 0 bridgehead atoms. The molecule has 2 rings (SSSR count). The minimum atomic E-state index is -0.528. The minimum absolute atomic E-state index is 0.122. The maximum atomic E-state index is 12.0. The molecule has 3 N–H and O–H groups in total. The number of carbonyl (C=O) groups is 1. The first kappa shape index (κ1) is 12.9. The van der Waals surface area contributed by atoms with E-state index in [2.05, 4.69) is 10.3 Å². The number of hydrogen-bond donors (Lipinski definition) is 3. The van der Waals surface area contributed by atoms with Crippen LogP contribution in [0.4, 0.5) is 0 Å². The molecule has 0 spiro atoms. The fourth-order valence-corrected chi connectivity index (χ4v) is 1.77. The van der Waals surface area contributed by atoms with Gasteiger partial charge in [-0.15, -0.1) is 0 Å². The monoisotopic (exact) mass is 258 g/mol. The zero-order chi connectivity index (χ0) is 13.8. The van der Waals surface area contributed by atoms with Crippen LogP contribution in [0.25, 0.3) is 0 Å². The summed E-state index contributed by atoms with van der Waals surface area (Å²) in [7, 11) is 0. The van der Waals surface area contributed by atoms with Crippen molar-refractivity contribution < 1.29 is 15.0 Å². The first-order valence-electron chi connectivity index (χ1n) is 5.81. The van der Waals surface area contributed by atoms with Crippen LogP contribution in [-0.4, -0.2) is 21.1 Å². The van der Waals surface area contributed by atoms with Gasteiger partial charge in [-0.25, -0.2) is 0 Å². The molecule has 1 aromatic carbocycles. The van der Waals surface area contributed by atoms with Gasteiger partial charge in [0.25, 0.3) is 5.91 Å². The van der Waals surface area contributed by atoms with Gasteiger partial charge in [-0.2, -0.15) is 0 Å². The summed E-state index contributed by atoms with van der Waals surface area (Å²) in [6, 6.07) is 7.49. The lowest BCUT2D eigenvalue weighted by Crippen LogP contribution is -2.26. The first-order chi connectivity index (χ1) is 9.09. The molecule has 1 aromatic heterocycles. The summed E-state index contributed by atoms with van der Waals surface area (Å²) in [6.07, 6.45) is 3.27. The van der Waals surface area contributed by atoms with Gasteiger partial charge in [0.1, 0.15) is 17.1 Å². The third kappa shape index (κ3) is 2.82. The molecular formula is C14H14N2O3. The van der Waals surface area contributed by atoms with Crippen LogP contribution < -0.4 is 5.32 Å². The number of nitrogens with one attached hydrogen (secondary N) is 1. The van der Waals surface area contributed by atoms with E-state index in [0.29, 0.717) is 0 Å². The van der Waals surface area contributed by atoms with Gasteiger partial charge < -0.3 is 15.5 Å². The number of nitrogens with zero attached hydrogens (tertiary/aromatic N) is 1. The van der Waals surface area contributed by atoms with Gasteiger partial charge in [0.05, 0.1) is 6.04 Å². The van der Waals surface area contributed by atoms with E-state index in [1.807, 2.05) is 6.92 Å². The van der Waals surface area contributed by atoms with E-state index >= 15 is 0 Å². The highest BCUT2D eigenvalue weighted by atomic mass is 16.3. The average Bonchev–Trinajstić information content (AvgIpc) is 2.39. The van der Waals surface area contributed by atoms with Crippen LogP contribution in [0.5, 0.6) is 11.5 Å². The van der Waals surface area contributed by atoms with E-state index in [0.717, 1.165) is 5.56 Å². The molecule has 0 aliphatic rings.